The standard InChI is InChI=1S/C69H71N5O20/c1-39-51(36-69(84)60(93-62(80)45-23-16-11-17-24-45)58-67(6,52(77)35-53-68(58,38-88-53)94-41(3)76)59(78)56(89-40(2)75)54(39)66(69,4)5)91-63(81)57(55(43-19-12-9-13-20-43)71-61(79)44-21-14-10-15-22-44)92-65(83)73(8)32-31-72(7)64(82)87-37-42-26-29-49(74(85)86)50(33-42)90-47-27-28-48-46(34-47)25-18-30-70-48/h9-30,33-34,51-53,55-58,60,77,84H,31-32,35-38H2,1-8H3,(H,71,79)/t51-,52-,53+,55-,56+,57+,58-,60-,67+,68-,69+/m0/s1. The van der Waals surface area contributed by atoms with Crippen LogP contribution in [-0.4, -0.2) is 159 Å². The summed E-state index contributed by atoms with van der Waals surface area (Å²) in [4.78, 5) is 133. The van der Waals surface area contributed by atoms with Gasteiger partial charge in [-0.25, -0.2) is 19.2 Å². The van der Waals surface area contributed by atoms with E-state index < -0.39 is 136 Å². The van der Waals surface area contributed by atoms with E-state index >= 15 is 9.59 Å². The fourth-order valence-electron chi connectivity index (χ4n) is 13.3. The number of aliphatic hydroxyl groups is 2. The number of Topliss-reactive ketones (excluding diaryl/α,β-unsaturated/α-hetero) is 1. The predicted molar refractivity (Wildman–Crippen MR) is 332 cm³/mol. The second-order valence-corrected chi connectivity index (χ2v) is 24.6. The van der Waals surface area contributed by atoms with Gasteiger partial charge in [-0.2, -0.15) is 0 Å². The third-order valence-corrected chi connectivity index (χ3v) is 18.5. The summed E-state index contributed by atoms with van der Waals surface area (Å²) in [5, 5.41) is 42.1. The zero-order chi connectivity index (χ0) is 67.6. The predicted octanol–water partition coefficient (Wildman–Crippen LogP) is 8.33. The van der Waals surface area contributed by atoms with E-state index in [-0.39, 0.29) is 65.4 Å². The number of hydrogen-bond acceptors (Lipinski definition) is 21. The van der Waals surface area contributed by atoms with E-state index in [9.17, 15) is 49.1 Å². The lowest BCUT2D eigenvalue weighted by Crippen LogP contribution is -2.82. The Morgan fingerprint density at radius 3 is 2.07 bits per heavy atom. The number of esters is 4. The van der Waals surface area contributed by atoms with Crippen molar-refractivity contribution in [3.63, 3.8) is 0 Å². The fourth-order valence-corrected chi connectivity index (χ4v) is 13.3. The number of amides is 3. The summed E-state index contributed by atoms with van der Waals surface area (Å²) < 4.78 is 48.8. The van der Waals surface area contributed by atoms with Crippen LogP contribution in [0.25, 0.3) is 10.9 Å². The topological polar surface area (TPSA) is 325 Å². The maximum Gasteiger partial charge on any atom is 0.410 e. The van der Waals surface area contributed by atoms with Gasteiger partial charge in [-0.3, -0.25) is 34.3 Å². The van der Waals surface area contributed by atoms with Crippen LogP contribution in [0.4, 0.5) is 15.3 Å². The summed E-state index contributed by atoms with van der Waals surface area (Å²) in [5.41, 5.74) is -7.37. The molecule has 2 bridgehead atoms. The quantitative estimate of drug-likeness (QED) is 0.0225. The molecule has 6 aromatic rings. The molecule has 10 rings (SSSR count). The van der Waals surface area contributed by atoms with E-state index in [4.69, 9.17) is 37.9 Å². The Kier molecular flexibility index (Phi) is 19.1. The number of ether oxygens (including phenoxy) is 8. The summed E-state index contributed by atoms with van der Waals surface area (Å²) >= 11 is 0. The number of nitro benzene ring substituents is 1. The molecular weight excluding hydrogens is 1220 g/mol. The van der Waals surface area contributed by atoms with Crippen LogP contribution in [0, 0.1) is 26.9 Å². The number of fused-ring (bicyclic) bond motifs is 6. The maximum atomic E-state index is 15.9. The molecule has 0 unspecified atom stereocenters. The van der Waals surface area contributed by atoms with Crippen LogP contribution in [0.1, 0.15) is 92.3 Å². The Bertz CT molecular complexity index is 3960. The van der Waals surface area contributed by atoms with Gasteiger partial charge in [-0.15, -0.1) is 0 Å². The number of aromatic nitrogens is 1. The molecule has 1 aliphatic heterocycles. The van der Waals surface area contributed by atoms with E-state index in [1.807, 2.05) is 6.07 Å². The summed E-state index contributed by atoms with van der Waals surface area (Å²) in [6, 6.07) is 34.6. The number of nitrogens with zero attached hydrogens (tertiary/aromatic N) is 4. The van der Waals surface area contributed by atoms with Crippen LogP contribution in [-0.2, 0) is 58.9 Å². The molecule has 2 saturated carbocycles. The largest absolute Gasteiger partial charge is 0.455 e. The smallest absolute Gasteiger partial charge is 0.410 e. The van der Waals surface area contributed by atoms with Gasteiger partial charge in [-0.05, 0) is 96.8 Å². The number of aliphatic hydroxyl groups excluding tert-OH is 1. The average molecular weight is 1290 g/mol. The minimum absolute atomic E-state index is 0.00399. The van der Waals surface area contributed by atoms with Crippen molar-refractivity contribution in [3.05, 3.63) is 189 Å². The van der Waals surface area contributed by atoms with Gasteiger partial charge >= 0.3 is 41.8 Å². The number of carbonyl (C=O) groups is 8. The Morgan fingerprint density at radius 2 is 1.45 bits per heavy atom. The van der Waals surface area contributed by atoms with Crippen molar-refractivity contribution in [1.82, 2.24) is 20.1 Å². The molecule has 3 aliphatic carbocycles. The number of ketones is 1. The van der Waals surface area contributed by atoms with E-state index in [1.54, 1.807) is 97.2 Å². The molecule has 94 heavy (non-hydrogen) atoms. The molecule has 11 atom stereocenters. The van der Waals surface area contributed by atoms with Crippen molar-refractivity contribution in [1.29, 1.82) is 0 Å². The number of pyridine rings is 1. The van der Waals surface area contributed by atoms with Gasteiger partial charge in [0.1, 0.15) is 42.3 Å². The summed E-state index contributed by atoms with van der Waals surface area (Å²) in [5.74, 6) is -7.27. The Labute approximate surface area is 539 Å². The van der Waals surface area contributed by atoms with Gasteiger partial charge in [0, 0.05) is 82.5 Å². The zero-order valence-corrected chi connectivity index (χ0v) is 52.7. The molecule has 3 N–H and O–H groups in total. The molecule has 2 heterocycles. The van der Waals surface area contributed by atoms with Crippen LogP contribution in [0.15, 0.2) is 157 Å². The number of hydrogen-bond donors (Lipinski definition) is 3. The van der Waals surface area contributed by atoms with Gasteiger partial charge < -0.3 is 63.2 Å². The molecule has 3 fully saturated rings. The van der Waals surface area contributed by atoms with E-state index in [2.05, 4.69) is 10.3 Å². The highest BCUT2D eigenvalue weighted by atomic mass is 16.6. The van der Waals surface area contributed by atoms with Crippen molar-refractivity contribution in [2.24, 2.45) is 16.7 Å². The van der Waals surface area contributed by atoms with Crippen molar-refractivity contribution >= 4 is 64.3 Å². The molecule has 25 nitrogen and oxygen atoms in total. The summed E-state index contributed by atoms with van der Waals surface area (Å²) in [7, 11) is 2.70. The highest BCUT2D eigenvalue weighted by Crippen LogP contribution is 2.64. The molecule has 1 saturated heterocycles. The fraction of sp³-hybridized carbons (Fsp3) is 0.377. The maximum absolute atomic E-state index is 15.9. The Morgan fingerprint density at radius 1 is 0.798 bits per heavy atom. The van der Waals surface area contributed by atoms with Crippen LogP contribution in [0.2, 0.25) is 0 Å². The van der Waals surface area contributed by atoms with Gasteiger partial charge in [0.25, 0.3) is 5.91 Å². The van der Waals surface area contributed by atoms with E-state index in [0.29, 0.717) is 16.8 Å². The molecule has 492 valence electrons. The van der Waals surface area contributed by atoms with Crippen molar-refractivity contribution in [2.45, 2.75) is 115 Å². The summed E-state index contributed by atoms with van der Waals surface area (Å²) in [6.07, 6.45) is -11.8. The van der Waals surface area contributed by atoms with Crippen molar-refractivity contribution < 1.29 is 91.4 Å². The molecule has 5 aromatic carbocycles. The number of carbonyl (C=O) groups excluding carboxylic acids is 8. The Balaban J connectivity index is 0.967. The van der Waals surface area contributed by atoms with Gasteiger partial charge in [0.2, 0.25) is 11.9 Å². The van der Waals surface area contributed by atoms with E-state index in [0.717, 1.165) is 29.0 Å². The van der Waals surface area contributed by atoms with Gasteiger partial charge in [0.15, 0.2) is 17.5 Å². The lowest BCUT2D eigenvalue weighted by Gasteiger charge is -2.67. The molecule has 0 radical (unpaired) electrons. The monoisotopic (exact) mass is 1290 g/mol. The first-order valence-electron chi connectivity index (χ1n) is 30.3. The lowest BCUT2D eigenvalue weighted by molar-refractivity contribution is -0.385. The number of nitro groups is 1. The molecule has 0 spiro atoms. The van der Waals surface area contributed by atoms with Crippen LogP contribution in [0.3, 0.4) is 0 Å². The first kappa shape index (κ1) is 66.8. The molecule has 1 aromatic heterocycles. The minimum atomic E-state index is -2.55. The van der Waals surface area contributed by atoms with Gasteiger partial charge in [0.05, 0.1) is 40.0 Å². The highest BCUT2D eigenvalue weighted by Gasteiger charge is 2.78. The second kappa shape index (κ2) is 26.8. The molecule has 4 aliphatic rings. The molecule has 3 amide bonds. The first-order valence-corrected chi connectivity index (χ1v) is 30.3. The van der Waals surface area contributed by atoms with Crippen LogP contribution < -0.4 is 10.1 Å². The number of likely N-dealkylation sites (N-methyl/N-ethyl adjacent to an activating group) is 2. The SMILES string of the molecule is CC(=O)O[C@H]1C(=O)[C@@]2(C)[C@H]([C@H](OC(=O)c3ccccc3)[C@]3(O)C[C@H](OC(=O)[C@H](OC(=O)N(C)CCN(C)C(=O)OCc4ccc([N+](=O)[O-])c(Oc5ccc6ncccc6c5)c4)[C@@H](NC(=O)c4ccccc4)c4ccccc4)C(C)=C1C3(C)C)[C@]1(OC(C)=O)CO[C@@H]1C[C@@H]2O. The molecular formula is C69H71N5O20. The first-order chi connectivity index (χ1) is 44.7. The third kappa shape index (κ3) is 12.9. The van der Waals surface area contributed by atoms with Crippen LogP contribution >= 0.6 is 0 Å². The van der Waals surface area contributed by atoms with Crippen molar-refractivity contribution in [2.75, 3.05) is 33.8 Å². The number of nitrogens with one attached hydrogen (secondary N) is 1. The zero-order valence-electron chi connectivity index (χ0n) is 52.7. The minimum Gasteiger partial charge on any atom is -0.455 e. The Hall–Kier alpha value is -10.1. The van der Waals surface area contributed by atoms with Crippen molar-refractivity contribution in [3.8, 4) is 11.5 Å². The van der Waals surface area contributed by atoms with Gasteiger partial charge in [-0.1, -0.05) is 86.6 Å². The molecule has 25 heteroatoms. The lowest BCUT2D eigenvalue weighted by atomic mass is 9.44. The third-order valence-electron chi connectivity index (χ3n) is 18.5. The normalized spacial score (nSPS) is 24.7. The average Bonchev–Trinajstić information content (AvgIpc) is 0.670. The number of rotatable bonds is 19. The summed E-state index contributed by atoms with van der Waals surface area (Å²) in [6.45, 7) is 6.86. The van der Waals surface area contributed by atoms with E-state index in [1.165, 1.54) is 84.3 Å². The second-order valence-electron chi connectivity index (χ2n) is 24.6. The van der Waals surface area contributed by atoms with Crippen LogP contribution in [0.5, 0.6) is 11.5 Å². The highest BCUT2D eigenvalue weighted by molar-refractivity contribution is 5.96. The number of benzene rings is 5.